The van der Waals surface area contributed by atoms with Gasteiger partial charge in [0.1, 0.15) is 5.82 Å². The molecule has 1 fully saturated rings. The van der Waals surface area contributed by atoms with Crippen molar-refractivity contribution in [2.75, 3.05) is 43.4 Å². The minimum atomic E-state index is -0.753. The Kier molecular flexibility index (Phi) is 11.3. The molecule has 1 aromatic carbocycles. The molecule has 1 saturated heterocycles. The largest absolute Gasteiger partial charge is 0.480 e. The molecule has 1 aliphatic heterocycles. The van der Waals surface area contributed by atoms with E-state index in [1.807, 2.05) is 49.1 Å². The predicted octanol–water partition coefficient (Wildman–Crippen LogP) is 4.41. The number of anilines is 3. The van der Waals surface area contributed by atoms with E-state index in [4.69, 9.17) is 10.8 Å². The molecule has 3 aromatic rings. The van der Waals surface area contributed by atoms with Crippen molar-refractivity contribution >= 4 is 23.4 Å². The van der Waals surface area contributed by atoms with Gasteiger partial charge < -0.3 is 21.5 Å². The van der Waals surface area contributed by atoms with Gasteiger partial charge in [0.2, 0.25) is 5.95 Å². The number of hydrogen-bond acceptors (Lipinski definition) is 8. The second-order valence-electron chi connectivity index (χ2n) is 8.91. The summed E-state index contributed by atoms with van der Waals surface area (Å²) in [5.41, 5.74) is 9.45. The van der Waals surface area contributed by atoms with Crippen LogP contribution in [0.3, 0.4) is 0 Å². The molecular weight excluding hydrogens is 466 g/mol. The minimum Gasteiger partial charge on any atom is -0.480 e. The lowest BCUT2D eigenvalue weighted by Gasteiger charge is -2.30. The minimum absolute atomic E-state index is 0.136. The van der Waals surface area contributed by atoms with Crippen molar-refractivity contribution in [2.45, 2.75) is 39.5 Å². The maximum atomic E-state index is 10.9. The van der Waals surface area contributed by atoms with Gasteiger partial charge in [-0.1, -0.05) is 26.0 Å². The van der Waals surface area contributed by atoms with Crippen molar-refractivity contribution in [3.63, 3.8) is 0 Å². The van der Waals surface area contributed by atoms with Gasteiger partial charge in [-0.2, -0.15) is 0 Å². The van der Waals surface area contributed by atoms with E-state index in [1.54, 1.807) is 12.4 Å². The van der Waals surface area contributed by atoms with Crippen molar-refractivity contribution in [3.05, 3.63) is 60.4 Å². The van der Waals surface area contributed by atoms with Crippen LogP contribution in [0.2, 0.25) is 0 Å². The van der Waals surface area contributed by atoms with Gasteiger partial charge in [0.15, 0.2) is 0 Å². The fraction of sp³-hybridized carbons (Fsp3) is 0.429. The fourth-order valence-electron chi connectivity index (χ4n) is 4.33. The third-order valence-electron chi connectivity index (χ3n) is 6.18. The highest BCUT2D eigenvalue weighted by molar-refractivity contribution is 5.69. The monoisotopic (exact) mass is 505 g/mol. The molecule has 37 heavy (non-hydrogen) atoms. The van der Waals surface area contributed by atoms with Crippen LogP contribution >= 0.6 is 0 Å². The molecule has 9 nitrogen and oxygen atoms in total. The van der Waals surface area contributed by atoms with Crippen molar-refractivity contribution in [1.29, 1.82) is 0 Å². The highest BCUT2D eigenvalue weighted by atomic mass is 16.4. The summed E-state index contributed by atoms with van der Waals surface area (Å²) in [5, 5.41) is 15.6. The Labute approximate surface area is 219 Å². The van der Waals surface area contributed by atoms with E-state index in [0.29, 0.717) is 18.4 Å². The number of nitrogens with two attached hydrogens (primary N) is 1. The second kappa shape index (κ2) is 14.9. The molecular formula is C28H39N7O2. The number of piperidine rings is 1. The molecule has 0 radical (unpaired) electrons. The van der Waals surface area contributed by atoms with Crippen LogP contribution in [0, 0.1) is 5.92 Å². The molecule has 0 unspecified atom stereocenters. The second-order valence-corrected chi connectivity index (χ2v) is 8.91. The number of rotatable bonds is 11. The van der Waals surface area contributed by atoms with Gasteiger partial charge in [-0.05, 0) is 87.1 Å². The lowest BCUT2D eigenvalue weighted by atomic mass is 9.90. The van der Waals surface area contributed by atoms with E-state index in [-0.39, 0.29) is 6.54 Å². The molecule has 0 amide bonds. The number of aromatic nitrogens is 3. The summed E-state index contributed by atoms with van der Waals surface area (Å²) in [6, 6.07) is 14.1. The zero-order chi connectivity index (χ0) is 26.5. The average Bonchev–Trinajstić information content (AvgIpc) is 2.92. The third-order valence-corrected chi connectivity index (χ3v) is 6.18. The molecule has 0 atom stereocenters. The van der Waals surface area contributed by atoms with E-state index >= 15 is 0 Å². The Morgan fingerprint density at radius 1 is 1.14 bits per heavy atom. The maximum absolute atomic E-state index is 10.9. The Bertz CT molecular complexity index is 1100. The first-order valence-electron chi connectivity index (χ1n) is 13.1. The Hall–Kier alpha value is -3.56. The van der Waals surface area contributed by atoms with Crippen LogP contribution in [0.5, 0.6) is 0 Å². The summed E-state index contributed by atoms with van der Waals surface area (Å²) >= 11 is 0. The number of hydrogen-bond donors (Lipinski definition) is 4. The van der Waals surface area contributed by atoms with Crippen LogP contribution in [0.4, 0.5) is 17.5 Å². The lowest BCUT2D eigenvalue weighted by Crippen LogP contribution is -2.37. The van der Waals surface area contributed by atoms with Crippen molar-refractivity contribution in [3.8, 4) is 11.3 Å². The lowest BCUT2D eigenvalue weighted by molar-refractivity contribution is -0.138. The first kappa shape index (κ1) is 28.0. The van der Waals surface area contributed by atoms with E-state index in [0.717, 1.165) is 68.1 Å². The number of carboxylic acid groups (broad SMARTS) is 1. The first-order chi connectivity index (χ1) is 18.1. The van der Waals surface area contributed by atoms with Gasteiger partial charge >= 0.3 is 5.97 Å². The van der Waals surface area contributed by atoms with E-state index in [2.05, 4.69) is 37.7 Å². The Morgan fingerprint density at radius 3 is 2.65 bits per heavy atom. The standard InChI is InChI=1S/C26H33N7O2.C2H6/c27-10-2-11-28-24-6-5-21(17-30-24)23-7-12-29-26(32-23)31-22-4-1-3-20(16-22)15-19-8-13-33(14-9-19)18-25(34)35;1-2/h1,3-7,12,16-17,19H,2,8-11,13-15,18,27H2,(H,28,30)(H,34,35)(H,29,31,32);1-2H3. The third kappa shape index (κ3) is 9.11. The average molecular weight is 506 g/mol. The number of benzene rings is 1. The van der Waals surface area contributed by atoms with Gasteiger partial charge in [0.25, 0.3) is 0 Å². The predicted molar refractivity (Wildman–Crippen MR) is 149 cm³/mol. The zero-order valence-corrected chi connectivity index (χ0v) is 21.9. The van der Waals surface area contributed by atoms with Gasteiger partial charge in [-0.15, -0.1) is 0 Å². The highest BCUT2D eigenvalue weighted by Gasteiger charge is 2.21. The van der Waals surface area contributed by atoms with Gasteiger partial charge in [-0.3, -0.25) is 9.69 Å². The molecule has 1 aliphatic rings. The Morgan fingerprint density at radius 2 is 1.95 bits per heavy atom. The number of pyridine rings is 1. The summed E-state index contributed by atoms with van der Waals surface area (Å²) in [7, 11) is 0. The van der Waals surface area contributed by atoms with Crippen molar-refractivity contribution < 1.29 is 9.90 Å². The molecule has 0 spiro atoms. The van der Waals surface area contributed by atoms with Gasteiger partial charge in [0, 0.05) is 30.2 Å². The van der Waals surface area contributed by atoms with Crippen LogP contribution in [0.25, 0.3) is 11.3 Å². The van der Waals surface area contributed by atoms with Crippen molar-refractivity contribution in [2.24, 2.45) is 11.7 Å². The van der Waals surface area contributed by atoms with E-state index in [1.165, 1.54) is 5.56 Å². The normalized spacial score (nSPS) is 13.9. The van der Waals surface area contributed by atoms with Gasteiger partial charge in [-0.25, -0.2) is 15.0 Å². The number of carbonyl (C=O) groups is 1. The summed E-state index contributed by atoms with van der Waals surface area (Å²) in [6.45, 7) is 7.27. The molecule has 5 N–H and O–H groups in total. The van der Waals surface area contributed by atoms with Crippen LogP contribution in [0.1, 0.15) is 38.7 Å². The quantitative estimate of drug-likeness (QED) is 0.280. The zero-order valence-electron chi connectivity index (χ0n) is 21.9. The van der Waals surface area contributed by atoms with Gasteiger partial charge in [0.05, 0.1) is 12.2 Å². The number of aliphatic carboxylic acids is 1. The molecule has 198 valence electrons. The first-order valence-corrected chi connectivity index (χ1v) is 13.1. The topological polar surface area (TPSA) is 129 Å². The van der Waals surface area contributed by atoms with Crippen LogP contribution in [-0.2, 0) is 11.2 Å². The molecule has 0 saturated carbocycles. The fourth-order valence-corrected chi connectivity index (χ4v) is 4.33. The summed E-state index contributed by atoms with van der Waals surface area (Å²) in [6.07, 6.45) is 7.47. The number of nitrogens with one attached hydrogen (secondary N) is 2. The molecule has 0 aliphatic carbocycles. The number of nitrogens with zero attached hydrogens (tertiary/aromatic N) is 4. The van der Waals surface area contributed by atoms with Crippen molar-refractivity contribution in [1.82, 2.24) is 19.9 Å². The molecule has 3 heterocycles. The van der Waals surface area contributed by atoms with Crippen LogP contribution in [-0.4, -0.2) is 63.7 Å². The number of carboxylic acids is 1. The smallest absolute Gasteiger partial charge is 0.317 e. The maximum Gasteiger partial charge on any atom is 0.317 e. The highest BCUT2D eigenvalue weighted by Crippen LogP contribution is 2.24. The number of likely N-dealkylation sites (tertiary alicyclic amines) is 1. The Balaban J connectivity index is 0.00000186. The van der Waals surface area contributed by atoms with Crippen LogP contribution in [0.15, 0.2) is 54.9 Å². The van der Waals surface area contributed by atoms with Crippen LogP contribution < -0.4 is 16.4 Å². The molecule has 9 heteroatoms. The summed E-state index contributed by atoms with van der Waals surface area (Å²) in [5.74, 6) is 1.16. The molecule has 0 bridgehead atoms. The van der Waals surface area contributed by atoms with E-state index in [9.17, 15) is 4.79 Å². The molecule has 4 rings (SSSR count). The SMILES string of the molecule is CC.NCCCNc1ccc(-c2ccnc(Nc3cccc(CC4CCN(CC(=O)O)CC4)c3)n2)cn1. The summed E-state index contributed by atoms with van der Waals surface area (Å²) in [4.78, 5) is 26.4. The van der Waals surface area contributed by atoms with E-state index < -0.39 is 5.97 Å². The summed E-state index contributed by atoms with van der Waals surface area (Å²) < 4.78 is 0. The molecule has 2 aromatic heterocycles.